The number of fused-ring (bicyclic) bond motifs is 1. The molecule has 2 N–H and O–H groups in total. The second-order valence-electron chi connectivity index (χ2n) is 5.71. The molecule has 2 fully saturated rings. The summed E-state index contributed by atoms with van der Waals surface area (Å²) in [7, 11) is 0. The van der Waals surface area contributed by atoms with E-state index in [1.807, 2.05) is 6.07 Å². The fourth-order valence-electron chi connectivity index (χ4n) is 3.21. The van der Waals surface area contributed by atoms with E-state index in [2.05, 4.69) is 36.9 Å². The highest BCUT2D eigenvalue weighted by atomic mass is 15.2. The smallest absolute Gasteiger partial charge is 0.0316 e. The van der Waals surface area contributed by atoms with E-state index in [1.54, 1.807) is 0 Å². The minimum atomic E-state index is 0.444. The van der Waals surface area contributed by atoms with E-state index in [0.29, 0.717) is 11.5 Å². The van der Waals surface area contributed by atoms with Gasteiger partial charge in [0.1, 0.15) is 0 Å². The number of rotatable bonds is 2. The molecule has 2 nitrogen and oxygen atoms in total. The van der Waals surface area contributed by atoms with Gasteiger partial charge in [0.2, 0.25) is 0 Å². The average molecular weight is 216 g/mol. The maximum atomic E-state index is 5.88. The second kappa shape index (κ2) is 3.24. The summed E-state index contributed by atoms with van der Waals surface area (Å²) in [6.45, 7) is 7.07. The monoisotopic (exact) mass is 216 g/mol. The molecular formula is C14H20N2. The van der Waals surface area contributed by atoms with Gasteiger partial charge < -0.3 is 5.73 Å². The summed E-state index contributed by atoms with van der Waals surface area (Å²) in [6.07, 6.45) is 1.36. The normalized spacial score (nSPS) is 33.1. The molecular weight excluding hydrogens is 196 g/mol. The molecule has 3 rings (SSSR count). The van der Waals surface area contributed by atoms with Gasteiger partial charge >= 0.3 is 0 Å². The Kier molecular flexibility index (Phi) is 2.05. The van der Waals surface area contributed by atoms with Crippen LogP contribution < -0.4 is 5.73 Å². The third-order valence-electron chi connectivity index (χ3n) is 4.36. The summed E-state index contributed by atoms with van der Waals surface area (Å²) in [6, 6.07) is 9.16. The largest absolute Gasteiger partial charge is 0.399 e. The lowest BCUT2D eigenvalue weighted by Gasteiger charge is -2.24. The first-order valence-electron chi connectivity index (χ1n) is 6.22. The third kappa shape index (κ3) is 1.36. The molecule has 1 heterocycles. The van der Waals surface area contributed by atoms with Gasteiger partial charge in [-0.05, 0) is 43.9 Å². The van der Waals surface area contributed by atoms with Crippen LogP contribution >= 0.6 is 0 Å². The number of piperidine rings is 1. The van der Waals surface area contributed by atoms with E-state index in [1.165, 1.54) is 25.1 Å². The first kappa shape index (κ1) is 10.2. The first-order chi connectivity index (χ1) is 7.62. The maximum absolute atomic E-state index is 5.88. The summed E-state index contributed by atoms with van der Waals surface area (Å²) >= 11 is 0. The number of nitrogen functional groups attached to an aromatic ring is 1. The molecule has 1 aliphatic carbocycles. The Morgan fingerprint density at radius 1 is 1.44 bits per heavy atom. The Bertz CT molecular complexity index is 413. The molecule has 1 aromatic carbocycles. The molecule has 16 heavy (non-hydrogen) atoms. The lowest BCUT2D eigenvalue weighted by molar-refractivity contribution is 0.243. The van der Waals surface area contributed by atoms with Crippen LogP contribution in [0, 0.1) is 5.92 Å². The van der Waals surface area contributed by atoms with Crippen molar-refractivity contribution < 1.29 is 0 Å². The topological polar surface area (TPSA) is 29.3 Å². The van der Waals surface area contributed by atoms with E-state index < -0.39 is 0 Å². The number of nitrogens with two attached hydrogens (primary N) is 1. The molecule has 2 heteroatoms. The SMILES string of the molecule is CC(C)N1C[C@H]2C[C@@]2(c2cccc(N)c2)C1. The van der Waals surface area contributed by atoms with Gasteiger partial charge in [-0.15, -0.1) is 0 Å². The number of hydrogen-bond donors (Lipinski definition) is 1. The van der Waals surface area contributed by atoms with Gasteiger partial charge in [0, 0.05) is 30.2 Å². The van der Waals surface area contributed by atoms with Crippen molar-refractivity contribution in [2.24, 2.45) is 5.92 Å². The second-order valence-corrected chi connectivity index (χ2v) is 5.71. The van der Waals surface area contributed by atoms with Crippen molar-refractivity contribution in [1.29, 1.82) is 0 Å². The van der Waals surface area contributed by atoms with Crippen molar-refractivity contribution in [3.63, 3.8) is 0 Å². The van der Waals surface area contributed by atoms with Crippen LogP contribution in [0.5, 0.6) is 0 Å². The molecule has 0 spiro atoms. The zero-order valence-corrected chi connectivity index (χ0v) is 10.1. The van der Waals surface area contributed by atoms with Crippen molar-refractivity contribution in [2.45, 2.75) is 31.7 Å². The van der Waals surface area contributed by atoms with E-state index in [4.69, 9.17) is 5.73 Å². The van der Waals surface area contributed by atoms with Crippen molar-refractivity contribution in [1.82, 2.24) is 4.90 Å². The lowest BCUT2D eigenvalue weighted by Crippen LogP contribution is -2.32. The minimum absolute atomic E-state index is 0.444. The van der Waals surface area contributed by atoms with Crippen LogP contribution in [-0.2, 0) is 5.41 Å². The van der Waals surface area contributed by atoms with Crippen LogP contribution in [0.25, 0.3) is 0 Å². The Balaban J connectivity index is 1.87. The Morgan fingerprint density at radius 2 is 2.25 bits per heavy atom. The summed E-state index contributed by atoms with van der Waals surface area (Å²) in [5.41, 5.74) is 8.69. The minimum Gasteiger partial charge on any atom is -0.399 e. The van der Waals surface area contributed by atoms with Crippen molar-refractivity contribution in [3.8, 4) is 0 Å². The summed E-state index contributed by atoms with van der Waals surface area (Å²) in [4.78, 5) is 2.59. The maximum Gasteiger partial charge on any atom is 0.0316 e. The molecule has 1 aromatic rings. The van der Waals surface area contributed by atoms with Crippen LogP contribution in [0.2, 0.25) is 0 Å². The molecule has 1 saturated heterocycles. The van der Waals surface area contributed by atoms with E-state index >= 15 is 0 Å². The van der Waals surface area contributed by atoms with Gasteiger partial charge in [-0.1, -0.05) is 12.1 Å². The van der Waals surface area contributed by atoms with Crippen LogP contribution in [-0.4, -0.2) is 24.0 Å². The van der Waals surface area contributed by atoms with Crippen molar-refractivity contribution in [2.75, 3.05) is 18.8 Å². The van der Waals surface area contributed by atoms with Gasteiger partial charge in [0.05, 0.1) is 0 Å². The lowest BCUT2D eigenvalue weighted by atomic mass is 9.94. The van der Waals surface area contributed by atoms with Crippen LogP contribution in [0.15, 0.2) is 24.3 Å². The van der Waals surface area contributed by atoms with Gasteiger partial charge in [0.25, 0.3) is 0 Å². The fraction of sp³-hybridized carbons (Fsp3) is 0.571. The van der Waals surface area contributed by atoms with Gasteiger partial charge in [-0.3, -0.25) is 4.90 Å². The molecule has 2 aliphatic rings. The van der Waals surface area contributed by atoms with E-state index in [-0.39, 0.29) is 0 Å². The number of anilines is 1. The number of benzene rings is 1. The van der Waals surface area contributed by atoms with Gasteiger partial charge in [0.15, 0.2) is 0 Å². The summed E-state index contributed by atoms with van der Waals surface area (Å²) < 4.78 is 0. The zero-order chi connectivity index (χ0) is 11.3. The highest BCUT2D eigenvalue weighted by Crippen LogP contribution is 2.59. The Hall–Kier alpha value is -1.02. The highest BCUT2D eigenvalue weighted by molar-refractivity contribution is 5.47. The van der Waals surface area contributed by atoms with Gasteiger partial charge in [-0.25, -0.2) is 0 Å². The summed E-state index contributed by atoms with van der Waals surface area (Å²) in [5.74, 6) is 0.872. The molecule has 1 aliphatic heterocycles. The third-order valence-corrected chi connectivity index (χ3v) is 4.36. The van der Waals surface area contributed by atoms with Crippen molar-refractivity contribution in [3.05, 3.63) is 29.8 Å². The standard InChI is InChI=1S/C14H20N2/c1-10(2)16-8-12-7-14(12,9-16)11-4-3-5-13(15)6-11/h3-6,10,12H,7-9,15H2,1-2H3/t12-,14+/m1/s1. The summed E-state index contributed by atoms with van der Waals surface area (Å²) in [5, 5.41) is 0. The predicted molar refractivity (Wildman–Crippen MR) is 67.3 cm³/mol. The molecule has 2 atom stereocenters. The highest BCUT2D eigenvalue weighted by Gasteiger charge is 2.60. The molecule has 0 unspecified atom stereocenters. The Morgan fingerprint density at radius 3 is 2.88 bits per heavy atom. The van der Waals surface area contributed by atoms with Crippen LogP contribution in [0.1, 0.15) is 25.8 Å². The molecule has 86 valence electrons. The van der Waals surface area contributed by atoms with E-state index in [9.17, 15) is 0 Å². The molecule has 0 amide bonds. The van der Waals surface area contributed by atoms with Gasteiger partial charge in [-0.2, -0.15) is 0 Å². The van der Waals surface area contributed by atoms with E-state index in [0.717, 1.165) is 11.6 Å². The zero-order valence-electron chi connectivity index (χ0n) is 10.1. The van der Waals surface area contributed by atoms with Crippen molar-refractivity contribution >= 4 is 5.69 Å². The first-order valence-corrected chi connectivity index (χ1v) is 6.22. The van der Waals surface area contributed by atoms with Crippen LogP contribution in [0.4, 0.5) is 5.69 Å². The molecule has 0 bridgehead atoms. The quantitative estimate of drug-likeness (QED) is 0.768. The fourth-order valence-corrected chi connectivity index (χ4v) is 3.21. The average Bonchev–Trinajstić information content (AvgIpc) is 2.82. The molecule has 0 radical (unpaired) electrons. The van der Waals surface area contributed by atoms with Crippen LogP contribution in [0.3, 0.4) is 0 Å². The number of hydrogen-bond acceptors (Lipinski definition) is 2. The Labute approximate surface area is 97.4 Å². The number of nitrogens with zero attached hydrogens (tertiary/aromatic N) is 1. The molecule has 1 saturated carbocycles. The molecule has 0 aromatic heterocycles. The predicted octanol–water partition coefficient (Wildman–Crippen LogP) is 2.25. The number of likely N-dealkylation sites (tertiary alicyclic amines) is 1.